The Morgan fingerprint density at radius 3 is 2.40 bits per heavy atom. The maximum atomic E-state index is 13.5. The Bertz CT molecular complexity index is 1440. The standard InChI is InChI=1S/C26H25Cl3N2O3S/c1-4-35(33,34)26(29)15-18(17-9-6-5-7-10-17)13-14-22(26)31-16-21(25(2,3)32)30-24(31)19-11-8-12-20(27)23(19)28/h5-14,16,32H,4,15H2,1-3H3. The van der Waals surface area contributed by atoms with Gasteiger partial charge in [0.15, 0.2) is 14.0 Å². The van der Waals surface area contributed by atoms with E-state index in [1.54, 1.807) is 55.8 Å². The molecule has 0 spiro atoms. The van der Waals surface area contributed by atoms with Crippen molar-refractivity contribution in [1.82, 2.24) is 9.55 Å². The number of hydrogen-bond donors (Lipinski definition) is 1. The van der Waals surface area contributed by atoms with Crippen LogP contribution in [0, 0.1) is 0 Å². The van der Waals surface area contributed by atoms with Gasteiger partial charge in [0.1, 0.15) is 11.4 Å². The van der Waals surface area contributed by atoms with Gasteiger partial charge in [-0.1, -0.05) is 84.2 Å². The van der Waals surface area contributed by atoms with Crippen LogP contribution in [0.2, 0.25) is 10.0 Å². The van der Waals surface area contributed by atoms with Crippen molar-refractivity contribution in [3.8, 4) is 11.4 Å². The van der Waals surface area contributed by atoms with Gasteiger partial charge in [0, 0.05) is 23.9 Å². The van der Waals surface area contributed by atoms with Crippen LogP contribution in [0.5, 0.6) is 0 Å². The number of allylic oxidation sites excluding steroid dienone is 3. The van der Waals surface area contributed by atoms with E-state index in [1.807, 2.05) is 36.4 Å². The molecule has 0 fully saturated rings. The van der Waals surface area contributed by atoms with Gasteiger partial charge in [-0.25, -0.2) is 13.4 Å². The second-order valence-electron chi connectivity index (χ2n) is 8.90. The quantitative estimate of drug-likeness (QED) is 0.343. The third-order valence-electron chi connectivity index (χ3n) is 6.05. The molecule has 1 aromatic heterocycles. The van der Waals surface area contributed by atoms with E-state index in [9.17, 15) is 13.5 Å². The van der Waals surface area contributed by atoms with E-state index in [-0.39, 0.29) is 17.2 Å². The van der Waals surface area contributed by atoms with E-state index < -0.39 is 19.6 Å². The van der Waals surface area contributed by atoms with E-state index in [4.69, 9.17) is 34.8 Å². The smallest absolute Gasteiger partial charge is 0.189 e. The van der Waals surface area contributed by atoms with Crippen LogP contribution in [-0.2, 0) is 15.4 Å². The molecule has 184 valence electrons. The number of imidazole rings is 1. The molecule has 0 saturated heterocycles. The number of hydrogen-bond acceptors (Lipinski definition) is 4. The number of nitrogens with zero attached hydrogens (tertiary/aromatic N) is 2. The van der Waals surface area contributed by atoms with Crippen LogP contribution in [0.1, 0.15) is 38.4 Å². The summed E-state index contributed by atoms with van der Waals surface area (Å²) in [5, 5.41) is 11.3. The normalized spacial score (nSPS) is 18.8. The Hall–Kier alpha value is -2.09. The first kappa shape index (κ1) is 26.0. The summed E-state index contributed by atoms with van der Waals surface area (Å²) in [7, 11) is -3.82. The summed E-state index contributed by atoms with van der Waals surface area (Å²) in [5.74, 6) is 0.171. The topological polar surface area (TPSA) is 72.2 Å². The van der Waals surface area contributed by atoms with Crippen molar-refractivity contribution >= 4 is 55.9 Å². The first-order valence-corrected chi connectivity index (χ1v) is 13.8. The molecule has 3 aromatic rings. The zero-order chi connectivity index (χ0) is 25.6. The molecule has 2 aromatic carbocycles. The van der Waals surface area contributed by atoms with E-state index in [2.05, 4.69) is 4.98 Å². The van der Waals surface area contributed by atoms with Gasteiger partial charge in [-0.15, -0.1) is 0 Å². The number of sulfone groups is 1. The van der Waals surface area contributed by atoms with Gasteiger partial charge in [0.25, 0.3) is 0 Å². The molecule has 5 nitrogen and oxygen atoms in total. The fourth-order valence-electron chi connectivity index (χ4n) is 4.03. The Labute approximate surface area is 220 Å². The third kappa shape index (κ3) is 4.70. The highest BCUT2D eigenvalue weighted by Gasteiger charge is 2.48. The van der Waals surface area contributed by atoms with E-state index in [0.29, 0.717) is 27.8 Å². The van der Waals surface area contributed by atoms with E-state index >= 15 is 0 Å². The first-order chi connectivity index (χ1) is 16.4. The van der Waals surface area contributed by atoms with Crippen LogP contribution in [0.25, 0.3) is 22.7 Å². The number of rotatable bonds is 6. The predicted octanol–water partition coefficient (Wildman–Crippen LogP) is 6.78. The van der Waals surface area contributed by atoms with Crippen LogP contribution in [0.15, 0.2) is 66.9 Å². The maximum Gasteiger partial charge on any atom is 0.189 e. The van der Waals surface area contributed by atoms with Crippen LogP contribution in [-0.4, -0.2) is 33.0 Å². The van der Waals surface area contributed by atoms with Crippen molar-refractivity contribution in [3.63, 3.8) is 0 Å². The lowest BCUT2D eigenvalue weighted by molar-refractivity contribution is 0.0743. The Morgan fingerprint density at radius 2 is 1.77 bits per heavy atom. The van der Waals surface area contributed by atoms with Crippen molar-refractivity contribution in [2.45, 2.75) is 37.0 Å². The van der Waals surface area contributed by atoms with Gasteiger partial charge in [-0.05, 0) is 43.2 Å². The zero-order valence-electron chi connectivity index (χ0n) is 19.5. The highest BCUT2D eigenvalue weighted by molar-refractivity contribution is 7.94. The molecule has 0 saturated carbocycles. The van der Waals surface area contributed by atoms with E-state index in [0.717, 1.165) is 11.1 Å². The van der Waals surface area contributed by atoms with Crippen LogP contribution in [0.3, 0.4) is 0 Å². The summed E-state index contributed by atoms with van der Waals surface area (Å²) in [6.07, 6.45) is 5.22. The molecular weight excluding hydrogens is 527 g/mol. The summed E-state index contributed by atoms with van der Waals surface area (Å²) in [6, 6.07) is 14.6. The van der Waals surface area contributed by atoms with Crippen molar-refractivity contribution in [2.75, 3.05) is 5.75 Å². The summed E-state index contributed by atoms with van der Waals surface area (Å²) < 4.78 is 26.8. The SMILES string of the molecule is CCS(=O)(=O)C1(Cl)CC(c2ccccc2)=CC=C1n1cc(C(C)(C)O)nc1-c1cccc(Cl)c1Cl. The maximum absolute atomic E-state index is 13.5. The lowest BCUT2D eigenvalue weighted by Crippen LogP contribution is -2.39. The third-order valence-corrected chi connectivity index (χ3v) is 10.00. The average Bonchev–Trinajstić information content (AvgIpc) is 3.26. The van der Waals surface area contributed by atoms with Gasteiger partial charge in [-0.3, -0.25) is 0 Å². The molecule has 0 aliphatic heterocycles. The summed E-state index contributed by atoms with van der Waals surface area (Å²) >= 11 is 19.9. The molecule has 0 radical (unpaired) electrons. The Kier molecular flexibility index (Phi) is 6.99. The minimum Gasteiger partial charge on any atom is -0.384 e. The average molecular weight is 552 g/mol. The Balaban J connectivity index is 2.02. The fraction of sp³-hybridized carbons (Fsp3) is 0.269. The predicted molar refractivity (Wildman–Crippen MR) is 144 cm³/mol. The minimum atomic E-state index is -3.82. The highest BCUT2D eigenvalue weighted by atomic mass is 35.5. The van der Waals surface area contributed by atoms with Gasteiger partial charge < -0.3 is 9.67 Å². The molecule has 1 heterocycles. The molecule has 1 aliphatic rings. The lowest BCUT2D eigenvalue weighted by atomic mass is 9.95. The molecule has 1 unspecified atom stereocenters. The Morgan fingerprint density at radius 1 is 1.09 bits per heavy atom. The number of aliphatic hydroxyl groups is 1. The van der Waals surface area contributed by atoms with Crippen LogP contribution >= 0.6 is 34.8 Å². The molecule has 0 amide bonds. The van der Waals surface area contributed by atoms with Crippen LogP contribution in [0.4, 0.5) is 0 Å². The molecule has 0 bridgehead atoms. The zero-order valence-corrected chi connectivity index (χ0v) is 22.5. The molecular formula is C26H25Cl3N2O3S. The van der Waals surface area contributed by atoms with Crippen molar-refractivity contribution in [2.24, 2.45) is 0 Å². The summed E-state index contributed by atoms with van der Waals surface area (Å²) in [4.78, 5) is 4.63. The van der Waals surface area contributed by atoms with Crippen molar-refractivity contribution < 1.29 is 13.5 Å². The largest absolute Gasteiger partial charge is 0.384 e. The summed E-state index contributed by atoms with van der Waals surface area (Å²) in [6.45, 7) is 4.77. The number of alkyl halides is 1. The van der Waals surface area contributed by atoms with Gasteiger partial charge in [-0.2, -0.15) is 0 Å². The van der Waals surface area contributed by atoms with E-state index in [1.165, 1.54) is 0 Å². The van der Waals surface area contributed by atoms with Crippen LogP contribution < -0.4 is 0 Å². The molecule has 35 heavy (non-hydrogen) atoms. The molecule has 1 aliphatic carbocycles. The van der Waals surface area contributed by atoms with Gasteiger partial charge >= 0.3 is 0 Å². The monoisotopic (exact) mass is 550 g/mol. The number of aromatic nitrogens is 2. The van der Waals surface area contributed by atoms with Gasteiger partial charge in [0.05, 0.1) is 21.4 Å². The molecule has 4 rings (SSSR count). The lowest BCUT2D eigenvalue weighted by Gasteiger charge is -2.34. The number of benzene rings is 2. The molecule has 9 heteroatoms. The minimum absolute atomic E-state index is 0.0549. The van der Waals surface area contributed by atoms with Crippen molar-refractivity contribution in [1.29, 1.82) is 0 Å². The number of halogens is 3. The molecule has 1 N–H and O–H groups in total. The summed E-state index contributed by atoms with van der Waals surface area (Å²) in [5.41, 5.74) is 1.50. The second kappa shape index (κ2) is 9.41. The fourth-order valence-corrected chi connectivity index (χ4v) is 6.36. The van der Waals surface area contributed by atoms with Crippen molar-refractivity contribution in [3.05, 3.63) is 88.2 Å². The van der Waals surface area contributed by atoms with Gasteiger partial charge in [0.2, 0.25) is 0 Å². The second-order valence-corrected chi connectivity index (χ2v) is 13.1. The first-order valence-electron chi connectivity index (χ1n) is 11.0. The molecule has 1 atom stereocenters. The highest BCUT2D eigenvalue weighted by Crippen LogP contribution is 2.48.